The molecule has 1 saturated heterocycles. The Bertz CT molecular complexity index is 383. The molecule has 1 aliphatic rings. The van der Waals surface area contributed by atoms with Gasteiger partial charge in [-0.3, -0.25) is 0 Å². The Kier molecular flexibility index (Phi) is 4.61. The molecule has 0 unspecified atom stereocenters. The molecule has 2 rings (SSSR count). The van der Waals surface area contributed by atoms with Crippen molar-refractivity contribution < 1.29 is 9.52 Å². The van der Waals surface area contributed by atoms with Gasteiger partial charge in [-0.15, -0.1) is 0 Å². The summed E-state index contributed by atoms with van der Waals surface area (Å²) in [5, 5.41) is 12.7. The highest BCUT2D eigenvalue weighted by Gasteiger charge is 2.27. The molecular weight excluding hydrogens is 226 g/mol. The Morgan fingerprint density at radius 2 is 2.39 bits per heavy atom. The molecule has 3 atom stereocenters. The van der Waals surface area contributed by atoms with Crippen LogP contribution in [0.5, 0.6) is 0 Å². The van der Waals surface area contributed by atoms with E-state index in [1.165, 1.54) is 18.4 Å². The summed E-state index contributed by atoms with van der Waals surface area (Å²) in [5.41, 5.74) is 2.30. The Balaban J connectivity index is 1.97. The van der Waals surface area contributed by atoms with Gasteiger partial charge < -0.3 is 14.8 Å². The molecule has 0 aromatic carbocycles. The minimum absolute atomic E-state index is 0.159. The quantitative estimate of drug-likeness (QED) is 0.806. The van der Waals surface area contributed by atoms with Gasteiger partial charge in [0.1, 0.15) is 0 Å². The zero-order valence-electron chi connectivity index (χ0n) is 11.2. The molecule has 0 amide bonds. The van der Waals surface area contributed by atoms with E-state index < -0.39 is 0 Å². The smallest absolute Gasteiger partial charge is 0.0950 e. The second-order valence-electron chi connectivity index (χ2n) is 5.38. The molecule has 1 aliphatic heterocycles. The Hall–Kier alpha value is -1.06. The first-order valence-corrected chi connectivity index (χ1v) is 6.75. The van der Waals surface area contributed by atoms with E-state index in [-0.39, 0.29) is 6.61 Å². The van der Waals surface area contributed by atoms with Crippen LogP contribution in [0.4, 0.5) is 0 Å². The average molecular weight is 249 g/mol. The largest absolute Gasteiger partial charge is 0.472 e. The Morgan fingerprint density at radius 1 is 1.56 bits per heavy atom. The van der Waals surface area contributed by atoms with Crippen molar-refractivity contribution in [2.45, 2.75) is 45.2 Å². The SMILES string of the molecule is CC(=CC[C@@H]1N[C@H](c2ccoc2)CC[C@@H]1C)CO. The van der Waals surface area contributed by atoms with Crippen LogP contribution in [-0.2, 0) is 0 Å². The third kappa shape index (κ3) is 3.24. The maximum Gasteiger partial charge on any atom is 0.0950 e. The van der Waals surface area contributed by atoms with Crippen molar-refractivity contribution >= 4 is 0 Å². The van der Waals surface area contributed by atoms with Gasteiger partial charge in [-0.05, 0) is 38.2 Å². The van der Waals surface area contributed by atoms with Crippen LogP contribution in [0.15, 0.2) is 34.7 Å². The molecule has 0 radical (unpaired) electrons. The predicted molar refractivity (Wildman–Crippen MR) is 72.2 cm³/mol. The molecule has 2 N–H and O–H groups in total. The molecule has 0 spiro atoms. The van der Waals surface area contributed by atoms with Gasteiger partial charge >= 0.3 is 0 Å². The number of piperidine rings is 1. The van der Waals surface area contributed by atoms with Crippen LogP contribution >= 0.6 is 0 Å². The van der Waals surface area contributed by atoms with Crippen molar-refractivity contribution in [3.8, 4) is 0 Å². The summed E-state index contributed by atoms with van der Waals surface area (Å²) in [4.78, 5) is 0. The summed E-state index contributed by atoms with van der Waals surface area (Å²) in [7, 11) is 0. The van der Waals surface area contributed by atoms with Gasteiger partial charge in [0.25, 0.3) is 0 Å². The Morgan fingerprint density at radius 3 is 3.06 bits per heavy atom. The number of aliphatic hydroxyl groups excluding tert-OH is 1. The van der Waals surface area contributed by atoms with Gasteiger partial charge in [0.2, 0.25) is 0 Å². The van der Waals surface area contributed by atoms with Gasteiger partial charge in [-0.1, -0.05) is 18.6 Å². The average Bonchev–Trinajstić information content (AvgIpc) is 2.91. The maximum atomic E-state index is 9.03. The van der Waals surface area contributed by atoms with Crippen LogP contribution in [0.3, 0.4) is 0 Å². The van der Waals surface area contributed by atoms with Crippen LogP contribution in [0.2, 0.25) is 0 Å². The van der Waals surface area contributed by atoms with Crippen molar-refractivity contribution in [2.75, 3.05) is 6.61 Å². The molecule has 1 aromatic rings. The van der Waals surface area contributed by atoms with E-state index in [2.05, 4.69) is 18.3 Å². The van der Waals surface area contributed by atoms with Crippen molar-refractivity contribution in [2.24, 2.45) is 5.92 Å². The van der Waals surface area contributed by atoms with Crippen molar-refractivity contribution in [3.63, 3.8) is 0 Å². The summed E-state index contributed by atoms with van der Waals surface area (Å²) in [6.45, 7) is 4.43. The number of furan rings is 1. The van der Waals surface area contributed by atoms with Crippen LogP contribution < -0.4 is 5.32 Å². The lowest BCUT2D eigenvalue weighted by Crippen LogP contribution is -2.41. The molecule has 0 saturated carbocycles. The lowest BCUT2D eigenvalue weighted by atomic mass is 9.85. The van der Waals surface area contributed by atoms with Crippen LogP contribution in [0.1, 0.15) is 44.7 Å². The second-order valence-corrected chi connectivity index (χ2v) is 5.38. The first kappa shape index (κ1) is 13.4. The van der Waals surface area contributed by atoms with Crippen molar-refractivity contribution in [1.29, 1.82) is 0 Å². The highest BCUT2D eigenvalue weighted by Crippen LogP contribution is 2.30. The molecule has 0 aliphatic carbocycles. The van der Waals surface area contributed by atoms with E-state index >= 15 is 0 Å². The van der Waals surface area contributed by atoms with E-state index in [1.807, 2.05) is 19.3 Å². The number of hydrogen-bond donors (Lipinski definition) is 2. The number of aliphatic hydroxyl groups is 1. The van der Waals surface area contributed by atoms with Gasteiger partial charge in [-0.2, -0.15) is 0 Å². The maximum absolute atomic E-state index is 9.03. The van der Waals surface area contributed by atoms with E-state index in [1.54, 1.807) is 6.26 Å². The highest BCUT2D eigenvalue weighted by molar-refractivity contribution is 5.13. The van der Waals surface area contributed by atoms with E-state index in [4.69, 9.17) is 9.52 Å². The summed E-state index contributed by atoms with van der Waals surface area (Å²) in [5.74, 6) is 0.677. The van der Waals surface area contributed by atoms with Gasteiger partial charge in [0.05, 0.1) is 19.1 Å². The third-order valence-corrected chi connectivity index (χ3v) is 3.93. The van der Waals surface area contributed by atoms with E-state index in [0.717, 1.165) is 12.0 Å². The number of rotatable bonds is 4. The minimum Gasteiger partial charge on any atom is -0.472 e. The van der Waals surface area contributed by atoms with Crippen molar-refractivity contribution in [1.82, 2.24) is 5.32 Å². The normalized spacial score (nSPS) is 29.5. The molecule has 0 bridgehead atoms. The van der Waals surface area contributed by atoms with Gasteiger partial charge in [0.15, 0.2) is 0 Å². The molecule has 18 heavy (non-hydrogen) atoms. The Labute approximate surface area is 109 Å². The molecule has 100 valence electrons. The summed E-state index contributed by atoms with van der Waals surface area (Å²) >= 11 is 0. The second kappa shape index (κ2) is 6.21. The third-order valence-electron chi connectivity index (χ3n) is 3.93. The highest BCUT2D eigenvalue weighted by atomic mass is 16.3. The lowest BCUT2D eigenvalue weighted by Gasteiger charge is -2.35. The first-order valence-electron chi connectivity index (χ1n) is 6.75. The number of hydrogen-bond acceptors (Lipinski definition) is 3. The van der Waals surface area contributed by atoms with Gasteiger partial charge in [-0.25, -0.2) is 0 Å². The fraction of sp³-hybridized carbons (Fsp3) is 0.600. The zero-order valence-corrected chi connectivity index (χ0v) is 11.2. The van der Waals surface area contributed by atoms with Crippen molar-refractivity contribution in [3.05, 3.63) is 35.8 Å². The summed E-state index contributed by atoms with van der Waals surface area (Å²) in [6.07, 6.45) is 9.10. The molecule has 3 heteroatoms. The molecule has 3 nitrogen and oxygen atoms in total. The molecule has 1 fully saturated rings. The predicted octanol–water partition coefficient (Wildman–Crippen LogP) is 3.04. The van der Waals surface area contributed by atoms with Crippen LogP contribution in [0.25, 0.3) is 0 Å². The topological polar surface area (TPSA) is 45.4 Å². The fourth-order valence-electron chi connectivity index (χ4n) is 2.57. The molecule has 2 heterocycles. The first-order chi connectivity index (χ1) is 8.70. The lowest BCUT2D eigenvalue weighted by molar-refractivity contribution is 0.246. The van der Waals surface area contributed by atoms with Crippen LogP contribution in [-0.4, -0.2) is 17.8 Å². The molecule has 1 aromatic heterocycles. The van der Waals surface area contributed by atoms with E-state index in [9.17, 15) is 0 Å². The number of nitrogens with one attached hydrogen (secondary N) is 1. The summed E-state index contributed by atoms with van der Waals surface area (Å²) < 4.78 is 5.16. The summed E-state index contributed by atoms with van der Waals surface area (Å²) in [6, 6.07) is 2.94. The van der Waals surface area contributed by atoms with Gasteiger partial charge in [0, 0.05) is 17.6 Å². The minimum atomic E-state index is 0.159. The standard InChI is InChI=1S/C15H23NO2/c1-11(9-17)3-5-14-12(2)4-6-15(16-14)13-7-8-18-10-13/h3,7-8,10,12,14-17H,4-6,9H2,1-2H3/t12-,14-,15-/m0/s1. The fourth-order valence-corrected chi connectivity index (χ4v) is 2.57. The monoisotopic (exact) mass is 249 g/mol. The van der Waals surface area contributed by atoms with E-state index in [0.29, 0.717) is 18.0 Å². The zero-order chi connectivity index (χ0) is 13.0. The molecular formula is C15H23NO2. The van der Waals surface area contributed by atoms with Crippen LogP contribution in [0, 0.1) is 5.92 Å².